The van der Waals surface area contributed by atoms with Gasteiger partial charge in [0.25, 0.3) is 17.7 Å². The average Bonchev–Trinajstić information content (AvgIpc) is 3.91. The first kappa shape index (κ1) is 49.8. The smallest absolute Gasteiger partial charge is 0.410 e. The van der Waals surface area contributed by atoms with E-state index < -0.39 is 89.4 Å². The molecule has 3 aromatic rings. The lowest BCUT2D eigenvalue weighted by atomic mass is 9.79. The van der Waals surface area contributed by atoms with Crippen LogP contribution < -0.4 is 0 Å². The van der Waals surface area contributed by atoms with E-state index in [0.717, 1.165) is 52.6 Å². The normalized spacial score (nSPS) is 17.3. The third-order valence-electron chi connectivity index (χ3n) is 11.0. The molecule has 19 heteroatoms. The van der Waals surface area contributed by atoms with E-state index in [1.54, 1.807) is 51.3 Å². The summed E-state index contributed by atoms with van der Waals surface area (Å²) in [5.74, 6) is -5.01. The number of imide groups is 1. The first-order valence-corrected chi connectivity index (χ1v) is 21.3. The number of carbonyl (C=O) groups excluding carboxylic acids is 6. The molecule has 0 aliphatic carbocycles. The lowest BCUT2D eigenvalue weighted by molar-refractivity contribution is -0.161. The molecule has 0 spiro atoms. The van der Waals surface area contributed by atoms with E-state index in [4.69, 9.17) is 19.2 Å². The Bertz CT molecular complexity index is 2230. The molecule has 1 N–H and O–H groups in total. The Labute approximate surface area is 375 Å². The number of esters is 1. The molecule has 0 bridgehead atoms. The number of aliphatic hydroxyl groups is 1. The second-order valence-electron chi connectivity index (χ2n) is 17.8. The topological polar surface area (TPSA) is 181 Å². The van der Waals surface area contributed by atoms with E-state index >= 15 is 8.78 Å². The molecule has 1 saturated heterocycles. The standard InChI is InChI=1S/C46H57F3N6O10/c1-29(64-30(2)57)42(60)55(26-32-25-53(27-36(32)49)44(62)65-45(3,4)5)40(46(6,7)17-22-63-43(61)51(20-21-56)18-19-54-38(58)15-16-39(54)59)41-50-37(34-23-33(47)13-14-35(34)48)28-52(41)24-31-11-9-8-10-12-31/h8-16,23,28-29,32,36,40,56H,17-22,24-27H2,1-7H3/t29-,32?,36?,40-/m0/s1. The molecule has 0 saturated carbocycles. The predicted molar refractivity (Wildman–Crippen MR) is 229 cm³/mol. The van der Waals surface area contributed by atoms with E-state index in [-0.39, 0.29) is 75.9 Å². The Balaban J connectivity index is 1.59. The summed E-state index contributed by atoms with van der Waals surface area (Å²) in [7, 11) is 0. The van der Waals surface area contributed by atoms with Gasteiger partial charge in [0.2, 0.25) is 0 Å². The van der Waals surface area contributed by atoms with Crippen molar-refractivity contribution in [3.63, 3.8) is 0 Å². The van der Waals surface area contributed by atoms with E-state index in [9.17, 15) is 38.3 Å². The number of ether oxygens (including phenoxy) is 3. The molecular formula is C46H57F3N6O10. The van der Waals surface area contributed by atoms with Crippen LogP contribution in [0.1, 0.15) is 72.3 Å². The van der Waals surface area contributed by atoms with Crippen molar-refractivity contribution in [2.75, 3.05) is 52.5 Å². The highest BCUT2D eigenvalue weighted by Crippen LogP contribution is 2.44. The van der Waals surface area contributed by atoms with E-state index in [2.05, 4.69) is 0 Å². The van der Waals surface area contributed by atoms with Gasteiger partial charge in [-0.15, -0.1) is 0 Å². The number of amides is 5. The average molecular weight is 911 g/mol. The Kier molecular flexibility index (Phi) is 16.2. The fourth-order valence-electron chi connectivity index (χ4n) is 7.79. The Hall–Kier alpha value is -6.24. The zero-order chi connectivity index (χ0) is 47.8. The van der Waals surface area contributed by atoms with Crippen molar-refractivity contribution in [1.29, 1.82) is 0 Å². The number of nitrogens with zero attached hydrogens (tertiary/aromatic N) is 6. The Morgan fingerprint density at radius 3 is 2.28 bits per heavy atom. The summed E-state index contributed by atoms with van der Waals surface area (Å²) in [4.78, 5) is 87.5. The molecule has 1 aromatic heterocycles. The molecule has 5 amide bonds. The molecule has 2 aliphatic rings. The highest BCUT2D eigenvalue weighted by Gasteiger charge is 2.47. The van der Waals surface area contributed by atoms with Gasteiger partial charge in [-0.05, 0) is 63.3 Å². The van der Waals surface area contributed by atoms with E-state index in [0.29, 0.717) is 0 Å². The second-order valence-corrected chi connectivity index (χ2v) is 17.8. The number of rotatable bonds is 18. The molecule has 4 atom stereocenters. The number of halogens is 3. The highest BCUT2D eigenvalue weighted by atomic mass is 19.1. The quantitative estimate of drug-likeness (QED) is 0.0944. The second kappa shape index (κ2) is 21.2. The molecule has 2 unspecified atom stereocenters. The zero-order valence-electron chi connectivity index (χ0n) is 37.7. The minimum absolute atomic E-state index is 0.00531. The van der Waals surface area contributed by atoms with Gasteiger partial charge in [-0.1, -0.05) is 44.2 Å². The van der Waals surface area contributed by atoms with Crippen molar-refractivity contribution >= 4 is 35.9 Å². The summed E-state index contributed by atoms with van der Waals surface area (Å²) in [6.07, 6.45) is -0.988. The van der Waals surface area contributed by atoms with E-state index in [1.807, 2.05) is 18.2 Å². The number of hydrogen-bond acceptors (Lipinski definition) is 11. The van der Waals surface area contributed by atoms with E-state index in [1.165, 1.54) is 22.9 Å². The van der Waals surface area contributed by atoms with Gasteiger partial charge in [-0.2, -0.15) is 0 Å². The van der Waals surface area contributed by atoms with Crippen LogP contribution in [0.15, 0.2) is 66.9 Å². The highest BCUT2D eigenvalue weighted by molar-refractivity contribution is 6.12. The fourth-order valence-corrected chi connectivity index (χ4v) is 7.79. The van der Waals surface area contributed by atoms with Crippen LogP contribution in [0.4, 0.5) is 22.8 Å². The minimum Gasteiger partial charge on any atom is -0.453 e. The number of aromatic nitrogens is 2. The first-order chi connectivity index (χ1) is 30.6. The third-order valence-corrected chi connectivity index (χ3v) is 11.0. The molecule has 65 heavy (non-hydrogen) atoms. The number of benzene rings is 2. The number of carbonyl (C=O) groups is 6. The van der Waals surface area contributed by atoms with Gasteiger partial charge in [0.15, 0.2) is 6.10 Å². The largest absolute Gasteiger partial charge is 0.453 e. The van der Waals surface area contributed by atoms with Gasteiger partial charge in [-0.25, -0.2) is 27.7 Å². The molecule has 352 valence electrons. The maximum atomic E-state index is 16.2. The molecule has 2 aromatic carbocycles. The number of imidazole rings is 1. The van der Waals surface area contributed by atoms with Gasteiger partial charge >= 0.3 is 18.2 Å². The number of alkyl halides is 1. The summed E-state index contributed by atoms with van der Waals surface area (Å²) in [5.41, 5.74) is -1.50. The first-order valence-electron chi connectivity index (χ1n) is 21.3. The van der Waals surface area contributed by atoms with Crippen molar-refractivity contribution in [1.82, 2.24) is 29.2 Å². The van der Waals surface area contributed by atoms with Crippen LogP contribution in [0.5, 0.6) is 0 Å². The molecule has 1 fully saturated rings. The summed E-state index contributed by atoms with van der Waals surface area (Å²) < 4.78 is 64.8. The van der Waals surface area contributed by atoms with Crippen LogP contribution in [0, 0.1) is 23.0 Å². The van der Waals surface area contributed by atoms with Gasteiger partial charge in [0, 0.05) is 76.0 Å². The van der Waals surface area contributed by atoms with Gasteiger partial charge < -0.3 is 38.6 Å². The van der Waals surface area contributed by atoms with Gasteiger partial charge in [-0.3, -0.25) is 24.1 Å². The minimum atomic E-state index is -1.65. The molecule has 0 radical (unpaired) electrons. The maximum absolute atomic E-state index is 16.2. The van der Waals surface area contributed by atoms with Crippen molar-refractivity contribution in [2.45, 2.75) is 85.4 Å². The monoisotopic (exact) mass is 910 g/mol. The summed E-state index contributed by atoms with van der Waals surface area (Å²) in [6.45, 7) is 8.99. The number of likely N-dealkylation sites (tertiary alicyclic amines) is 1. The predicted octanol–water partition coefficient (Wildman–Crippen LogP) is 5.68. The van der Waals surface area contributed by atoms with Crippen molar-refractivity contribution in [3.05, 3.63) is 89.9 Å². The van der Waals surface area contributed by atoms with Crippen molar-refractivity contribution in [2.24, 2.45) is 11.3 Å². The van der Waals surface area contributed by atoms with Crippen molar-refractivity contribution in [3.8, 4) is 11.3 Å². The lowest BCUT2D eigenvalue weighted by Crippen LogP contribution is -2.50. The SMILES string of the molecule is CC(=O)O[C@@H](C)C(=O)N(CC1CN(C(=O)OC(C)(C)C)CC1F)[C@@H](c1nc(-c2cc(F)ccc2F)cn1Cc1ccccc1)C(C)(C)CCOC(=O)N(CCO)CCN1C(=O)C=CC1=O. The third kappa shape index (κ3) is 13.0. The fraction of sp³-hybridized carbons (Fsp3) is 0.500. The zero-order valence-corrected chi connectivity index (χ0v) is 37.7. The number of aliphatic hydroxyl groups excluding tert-OH is 1. The van der Waals surface area contributed by atoms with Crippen LogP contribution >= 0.6 is 0 Å². The Morgan fingerprint density at radius 1 is 0.969 bits per heavy atom. The van der Waals surface area contributed by atoms with Gasteiger partial charge in [0.05, 0.1) is 31.5 Å². The maximum Gasteiger partial charge on any atom is 0.410 e. The molecule has 3 heterocycles. The summed E-state index contributed by atoms with van der Waals surface area (Å²) in [5, 5.41) is 9.74. The number of hydrogen-bond donors (Lipinski definition) is 1. The molecule has 5 rings (SSSR count). The molecule has 2 aliphatic heterocycles. The molecule has 16 nitrogen and oxygen atoms in total. The van der Waals surface area contributed by atoms with Crippen LogP contribution in [-0.4, -0.2) is 140 Å². The summed E-state index contributed by atoms with van der Waals surface area (Å²) in [6, 6.07) is 10.8. The molecular weight excluding hydrogens is 854 g/mol. The van der Waals surface area contributed by atoms with Crippen LogP contribution in [-0.2, 0) is 39.9 Å². The van der Waals surface area contributed by atoms with Gasteiger partial charge in [0.1, 0.15) is 29.2 Å². The summed E-state index contributed by atoms with van der Waals surface area (Å²) >= 11 is 0. The van der Waals surface area contributed by atoms with Crippen LogP contribution in [0.2, 0.25) is 0 Å². The van der Waals surface area contributed by atoms with Crippen molar-refractivity contribution < 1.29 is 61.3 Å². The van der Waals surface area contributed by atoms with Crippen LogP contribution in [0.25, 0.3) is 11.3 Å². The van der Waals surface area contributed by atoms with Crippen LogP contribution in [0.3, 0.4) is 0 Å². The lowest BCUT2D eigenvalue weighted by Gasteiger charge is -2.43. The Morgan fingerprint density at radius 2 is 1.65 bits per heavy atom.